The van der Waals surface area contributed by atoms with E-state index in [1.165, 1.54) is 0 Å². The van der Waals surface area contributed by atoms with Crippen molar-refractivity contribution in [2.45, 2.75) is 39.3 Å². The topological polar surface area (TPSA) is 76.0 Å². The molecule has 0 spiro atoms. The molecule has 6 heteroatoms. The molecule has 2 atom stereocenters. The second-order valence-corrected chi connectivity index (χ2v) is 6.12. The van der Waals surface area contributed by atoms with Gasteiger partial charge in [-0.1, -0.05) is 38.5 Å². The van der Waals surface area contributed by atoms with Crippen molar-refractivity contribution >= 4 is 11.8 Å². The summed E-state index contributed by atoms with van der Waals surface area (Å²) in [6, 6.07) is 10.3. The number of hydrogen-bond acceptors (Lipinski definition) is 3. The molecule has 0 aliphatic heterocycles. The van der Waals surface area contributed by atoms with E-state index >= 15 is 0 Å². The highest BCUT2D eigenvalue weighted by Gasteiger charge is 2.25. The molecule has 25 heavy (non-hydrogen) atoms. The summed E-state index contributed by atoms with van der Waals surface area (Å²) in [5, 5.41) is 9.92. The van der Waals surface area contributed by atoms with Crippen LogP contribution in [0.2, 0.25) is 0 Å². The van der Waals surface area contributed by atoms with Crippen LogP contribution in [-0.4, -0.2) is 34.2 Å². The fraction of sp³-hybridized carbons (Fsp3) is 0.421. The third kappa shape index (κ3) is 5.74. The fourth-order valence-corrected chi connectivity index (χ4v) is 2.51. The van der Waals surface area contributed by atoms with Gasteiger partial charge in [-0.3, -0.25) is 14.3 Å². The Kier molecular flexibility index (Phi) is 7.19. The number of nitrogens with zero attached hydrogens (tertiary/aromatic N) is 2. The lowest BCUT2D eigenvalue weighted by Gasteiger charge is -2.23. The Hall–Kier alpha value is -2.63. The number of carbonyl (C=O) groups excluding carboxylic acids is 2. The van der Waals surface area contributed by atoms with Crippen LogP contribution in [0.15, 0.2) is 48.8 Å². The summed E-state index contributed by atoms with van der Waals surface area (Å²) in [6.07, 6.45) is 5.22. The van der Waals surface area contributed by atoms with Gasteiger partial charge in [-0.05, 0) is 30.5 Å². The van der Waals surface area contributed by atoms with Crippen LogP contribution >= 0.6 is 0 Å². The molecule has 1 aromatic heterocycles. The summed E-state index contributed by atoms with van der Waals surface area (Å²) in [6.45, 7) is 5.28. The van der Waals surface area contributed by atoms with Crippen LogP contribution in [0.3, 0.4) is 0 Å². The predicted molar refractivity (Wildman–Crippen MR) is 97.0 cm³/mol. The Morgan fingerprint density at radius 1 is 1.20 bits per heavy atom. The summed E-state index contributed by atoms with van der Waals surface area (Å²) < 4.78 is 1.83. The number of benzene rings is 1. The van der Waals surface area contributed by atoms with E-state index < -0.39 is 6.04 Å². The first-order valence-corrected chi connectivity index (χ1v) is 8.73. The van der Waals surface area contributed by atoms with Crippen molar-refractivity contribution < 1.29 is 9.59 Å². The minimum Gasteiger partial charge on any atom is -0.354 e. The average Bonchev–Trinajstić information content (AvgIpc) is 3.16. The van der Waals surface area contributed by atoms with E-state index in [-0.39, 0.29) is 17.7 Å². The van der Waals surface area contributed by atoms with Crippen LogP contribution in [0, 0.1) is 5.92 Å². The number of nitrogens with one attached hydrogen (secondary N) is 2. The number of aromatic nitrogens is 2. The molecule has 1 aromatic carbocycles. The van der Waals surface area contributed by atoms with Gasteiger partial charge in [0, 0.05) is 31.0 Å². The molecule has 6 nitrogen and oxygen atoms in total. The van der Waals surface area contributed by atoms with Gasteiger partial charge in [-0.2, -0.15) is 5.10 Å². The summed E-state index contributed by atoms with van der Waals surface area (Å²) >= 11 is 0. The molecule has 0 radical (unpaired) electrons. The van der Waals surface area contributed by atoms with Crippen LogP contribution in [0.4, 0.5) is 0 Å². The zero-order chi connectivity index (χ0) is 18.1. The van der Waals surface area contributed by atoms with Crippen LogP contribution in [0.25, 0.3) is 0 Å². The second-order valence-electron chi connectivity index (χ2n) is 6.12. The van der Waals surface area contributed by atoms with E-state index in [0.29, 0.717) is 12.1 Å². The molecule has 0 aliphatic carbocycles. The molecule has 0 aliphatic rings. The Labute approximate surface area is 148 Å². The van der Waals surface area contributed by atoms with Gasteiger partial charge in [0.25, 0.3) is 5.91 Å². The minimum absolute atomic E-state index is 0.0544. The van der Waals surface area contributed by atoms with Gasteiger partial charge >= 0.3 is 0 Å². The summed E-state index contributed by atoms with van der Waals surface area (Å²) in [7, 11) is 0. The molecular weight excluding hydrogens is 316 g/mol. The fourth-order valence-electron chi connectivity index (χ4n) is 2.51. The molecule has 134 valence electrons. The summed E-state index contributed by atoms with van der Waals surface area (Å²) in [5.74, 6) is -0.310. The lowest BCUT2D eigenvalue weighted by atomic mass is 9.98. The average molecular weight is 342 g/mol. The van der Waals surface area contributed by atoms with Gasteiger partial charge in [0.1, 0.15) is 6.04 Å². The second kappa shape index (κ2) is 9.61. The number of carbonyl (C=O) groups is 2. The van der Waals surface area contributed by atoms with E-state index in [0.717, 1.165) is 19.4 Å². The molecule has 0 fully saturated rings. The maximum Gasteiger partial charge on any atom is 0.251 e. The van der Waals surface area contributed by atoms with Crippen molar-refractivity contribution in [3.63, 3.8) is 0 Å². The zero-order valence-corrected chi connectivity index (χ0v) is 14.8. The molecule has 2 N–H and O–H groups in total. The largest absolute Gasteiger partial charge is 0.354 e. The Bertz CT molecular complexity index is 655. The zero-order valence-electron chi connectivity index (χ0n) is 14.8. The quantitative estimate of drug-likeness (QED) is 0.686. The third-order valence-electron chi connectivity index (χ3n) is 4.24. The highest BCUT2D eigenvalue weighted by molar-refractivity contribution is 5.97. The highest BCUT2D eigenvalue weighted by atomic mass is 16.2. The van der Waals surface area contributed by atoms with E-state index in [9.17, 15) is 9.59 Å². The normalized spacial score (nSPS) is 13.0. The van der Waals surface area contributed by atoms with Crippen molar-refractivity contribution in [3.05, 3.63) is 54.4 Å². The van der Waals surface area contributed by atoms with Crippen LogP contribution in [0.5, 0.6) is 0 Å². The van der Waals surface area contributed by atoms with Crippen LogP contribution in [-0.2, 0) is 11.3 Å². The van der Waals surface area contributed by atoms with E-state index in [2.05, 4.69) is 15.7 Å². The smallest absolute Gasteiger partial charge is 0.251 e. The Morgan fingerprint density at radius 3 is 2.60 bits per heavy atom. The van der Waals surface area contributed by atoms with Crippen molar-refractivity contribution in [2.75, 3.05) is 6.54 Å². The maximum absolute atomic E-state index is 12.5. The highest BCUT2D eigenvalue weighted by Crippen LogP contribution is 2.09. The number of aryl methyl sites for hydroxylation is 1. The van der Waals surface area contributed by atoms with Crippen molar-refractivity contribution in [2.24, 2.45) is 5.92 Å². The van der Waals surface area contributed by atoms with Crippen LogP contribution in [0.1, 0.15) is 37.0 Å². The minimum atomic E-state index is -0.539. The van der Waals surface area contributed by atoms with Gasteiger partial charge in [0.15, 0.2) is 0 Å². The molecule has 2 rings (SSSR count). The first-order chi connectivity index (χ1) is 12.1. The molecule has 2 amide bonds. The van der Waals surface area contributed by atoms with Crippen molar-refractivity contribution in [1.82, 2.24) is 20.4 Å². The number of hydrogen-bond donors (Lipinski definition) is 2. The van der Waals surface area contributed by atoms with E-state index in [4.69, 9.17) is 0 Å². The molecule has 1 heterocycles. The number of amides is 2. The summed E-state index contributed by atoms with van der Waals surface area (Å²) in [5.41, 5.74) is 0.558. The van der Waals surface area contributed by atoms with E-state index in [1.807, 2.05) is 49.0 Å². The molecular formula is C19H26N4O2. The van der Waals surface area contributed by atoms with Gasteiger partial charge in [0.05, 0.1) is 0 Å². The standard InChI is InChI=1S/C19H26N4O2/c1-3-15(2)17(22-18(24)16-9-5-4-6-10-16)19(25)20-11-7-13-23-14-8-12-21-23/h4-6,8-10,12,14-15,17H,3,7,11,13H2,1-2H3,(H,20,25)(H,22,24)/t15-,17-/m0/s1. The van der Waals surface area contributed by atoms with Crippen molar-refractivity contribution in [3.8, 4) is 0 Å². The molecule has 0 bridgehead atoms. The SMILES string of the molecule is CC[C@H](C)[C@H](NC(=O)c1ccccc1)C(=O)NCCCn1cccn1. The molecule has 2 aromatic rings. The van der Waals surface area contributed by atoms with Crippen LogP contribution < -0.4 is 10.6 Å². The Balaban J connectivity index is 1.87. The van der Waals surface area contributed by atoms with Gasteiger partial charge in [-0.25, -0.2) is 0 Å². The van der Waals surface area contributed by atoms with Crippen molar-refractivity contribution in [1.29, 1.82) is 0 Å². The molecule has 0 saturated heterocycles. The van der Waals surface area contributed by atoms with Gasteiger partial charge < -0.3 is 10.6 Å². The van der Waals surface area contributed by atoms with E-state index in [1.54, 1.807) is 18.3 Å². The first kappa shape index (κ1) is 18.7. The third-order valence-corrected chi connectivity index (χ3v) is 4.24. The number of rotatable bonds is 9. The van der Waals surface area contributed by atoms with Gasteiger partial charge in [-0.15, -0.1) is 0 Å². The van der Waals surface area contributed by atoms with Gasteiger partial charge in [0.2, 0.25) is 5.91 Å². The monoisotopic (exact) mass is 342 g/mol. The first-order valence-electron chi connectivity index (χ1n) is 8.73. The predicted octanol–water partition coefficient (Wildman–Crippen LogP) is 2.23. The molecule has 0 saturated carbocycles. The maximum atomic E-state index is 12.5. The summed E-state index contributed by atoms with van der Waals surface area (Å²) in [4.78, 5) is 24.9. The Morgan fingerprint density at radius 2 is 1.96 bits per heavy atom. The lowest BCUT2D eigenvalue weighted by Crippen LogP contribution is -2.50. The molecule has 0 unspecified atom stereocenters. The lowest BCUT2D eigenvalue weighted by molar-refractivity contribution is -0.124.